The van der Waals surface area contributed by atoms with E-state index in [0.29, 0.717) is 13.1 Å². The third-order valence-electron chi connectivity index (χ3n) is 4.80. The molecule has 1 N–H and O–H groups in total. The molecule has 1 heterocycles. The van der Waals surface area contributed by atoms with E-state index >= 15 is 0 Å². The Kier molecular flexibility index (Phi) is 7.21. The lowest BCUT2D eigenvalue weighted by Crippen LogP contribution is -2.39. The zero-order chi connectivity index (χ0) is 19.1. The third-order valence-corrected chi connectivity index (χ3v) is 4.80. The summed E-state index contributed by atoms with van der Waals surface area (Å²) in [5.41, 5.74) is 2.06. The Bertz CT molecular complexity index is 701. The van der Waals surface area contributed by atoms with E-state index in [1.807, 2.05) is 31.2 Å². The fourth-order valence-electron chi connectivity index (χ4n) is 3.38. The predicted molar refractivity (Wildman–Crippen MR) is 103 cm³/mol. The Morgan fingerprint density at radius 2 is 2.00 bits per heavy atom. The van der Waals surface area contributed by atoms with Crippen LogP contribution in [0.2, 0.25) is 0 Å². The number of aryl methyl sites for hydroxylation is 1. The summed E-state index contributed by atoms with van der Waals surface area (Å²) in [7, 11) is 0. The van der Waals surface area contributed by atoms with Crippen molar-refractivity contribution in [3.05, 3.63) is 65.5 Å². The molecule has 2 aromatic rings. The van der Waals surface area contributed by atoms with Crippen molar-refractivity contribution in [3.8, 4) is 5.75 Å². The number of para-hydroxylation sites is 1. The molecule has 1 aliphatic heterocycles. The van der Waals surface area contributed by atoms with E-state index in [4.69, 9.17) is 9.47 Å². The standard InChI is InChI=1S/C22H28FNO3/c1-17-5-2-3-7-22(17)27-16-20(25)14-24(15-21-6-4-12-26-21)13-18-8-10-19(23)11-9-18/h2-3,5,7-11,20-21,25H,4,6,12-16H2,1H3/t20-,21+/m1/s1. The zero-order valence-corrected chi connectivity index (χ0v) is 15.8. The van der Waals surface area contributed by atoms with Crippen molar-refractivity contribution in [1.29, 1.82) is 0 Å². The molecular weight excluding hydrogens is 345 g/mol. The fourth-order valence-corrected chi connectivity index (χ4v) is 3.38. The maximum absolute atomic E-state index is 13.2. The second kappa shape index (κ2) is 9.83. The van der Waals surface area contributed by atoms with Gasteiger partial charge in [0.2, 0.25) is 0 Å². The SMILES string of the molecule is Cc1ccccc1OC[C@H](O)CN(Cc1ccc(F)cc1)C[C@@H]1CCCO1. The van der Waals surface area contributed by atoms with Crippen LogP contribution in [-0.4, -0.2) is 48.5 Å². The van der Waals surface area contributed by atoms with Gasteiger partial charge in [-0.05, 0) is 49.1 Å². The lowest BCUT2D eigenvalue weighted by molar-refractivity contribution is 0.0312. The van der Waals surface area contributed by atoms with E-state index < -0.39 is 6.10 Å². The Morgan fingerprint density at radius 1 is 1.22 bits per heavy atom. The molecule has 1 fully saturated rings. The van der Waals surface area contributed by atoms with Crippen LogP contribution in [0.4, 0.5) is 4.39 Å². The summed E-state index contributed by atoms with van der Waals surface area (Å²) in [5, 5.41) is 10.5. The maximum atomic E-state index is 13.2. The summed E-state index contributed by atoms with van der Waals surface area (Å²) in [5.74, 6) is 0.553. The van der Waals surface area contributed by atoms with E-state index in [1.54, 1.807) is 12.1 Å². The molecule has 3 rings (SSSR count). The predicted octanol–water partition coefficient (Wildman–Crippen LogP) is 3.56. The second-order valence-electron chi connectivity index (χ2n) is 7.19. The summed E-state index contributed by atoms with van der Waals surface area (Å²) >= 11 is 0. The van der Waals surface area contributed by atoms with Crippen molar-refractivity contribution in [1.82, 2.24) is 4.90 Å². The minimum Gasteiger partial charge on any atom is -0.491 e. The first-order valence-electron chi connectivity index (χ1n) is 9.55. The van der Waals surface area contributed by atoms with Crippen LogP contribution in [-0.2, 0) is 11.3 Å². The molecule has 5 heteroatoms. The first kappa shape index (κ1) is 19.8. The van der Waals surface area contributed by atoms with Crippen LogP contribution < -0.4 is 4.74 Å². The largest absolute Gasteiger partial charge is 0.491 e. The van der Waals surface area contributed by atoms with Crippen molar-refractivity contribution in [2.45, 2.75) is 38.5 Å². The number of aliphatic hydroxyl groups excluding tert-OH is 1. The first-order chi connectivity index (χ1) is 13.1. The van der Waals surface area contributed by atoms with Gasteiger partial charge in [-0.15, -0.1) is 0 Å². The number of rotatable bonds is 9. The maximum Gasteiger partial charge on any atom is 0.123 e. The van der Waals surface area contributed by atoms with Gasteiger partial charge >= 0.3 is 0 Å². The highest BCUT2D eigenvalue weighted by atomic mass is 19.1. The highest BCUT2D eigenvalue weighted by Gasteiger charge is 2.21. The molecular formula is C22H28FNO3. The van der Waals surface area contributed by atoms with Crippen LogP contribution in [0.15, 0.2) is 48.5 Å². The molecule has 2 atom stereocenters. The summed E-state index contributed by atoms with van der Waals surface area (Å²) in [6.45, 7) is 4.88. The summed E-state index contributed by atoms with van der Waals surface area (Å²) in [4.78, 5) is 2.16. The molecule has 1 saturated heterocycles. The summed E-state index contributed by atoms with van der Waals surface area (Å²) in [6.07, 6.45) is 1.69. The van der Waals surface area contributed by atoms with Crippen LogP contribution in [0.1, 0.15) is 24.0 Å². The summed E-state index contributed by atoms with van der Waals surface area (Å²) in [6, 6.07) is 14.3. The van der Waals surface area contributed by atoms with Crippen LogP contribution in [0.3, 0.4) is 0 Å². The highest BCUT2D eigenvalue weighted by molar-refractivity contribution is 5.31. The van der Waals surface area contributed by atoms with E-state index in [9.17, 15) is 9.50 Å². The molecule has 0 radical (unpaired) electrons. The molecule has 0 spiro atoms. The van der Waals surface area contributed by atoms with Gasteiger partial charge in [0.15, 0.2) is 0 Å². The van der Waals surface area contributed by atoms with E-state index in [1.165, 1.54) is 12.1 Å². The van der Waals surface area contributed by atoms with Crippen molar-refractivity contribution >= 4 is 0 Å². The number of aliphatic hydroxyl groups is 1. The van der Waals surface area contributed by atoms with Gasteiger partial charge in [0.05, 0.1) is 6.10 Å². The molecule has 0 saturated carbocycles. The van der Waals surface area contributed by atoms with Crippen molar-refractivity contribution in [2.75, 3.05) is 26.3 Å². The lowest BCUT2D eigenvalue weighted by atomic mass is 10.1. The molecule has 1 aliphatic rings. The number of nitrogens with zero attached hydrogens (tertiary/aromatic N) is 1. The molecule has 0 amide bonds. The van der Waals surface area contributed by atoms with Gasteiger partial charge < -0.3 is 14.6 Å². The topological polar surface area (TPSA) is 41.9 Å². The van der Waals surface area contributed by atoms with Crippen LogP contribution in [0.5, 0.6) is 5.75 Å². The second-order valence-corrected chi connectivity index (χ2v) is 7.19. The minimum absolute atomic E-state index is 0.190. The molecule has 0 bridgehead atoms. The van der Waals surface area contributed by atoms with Gasteiger partial charge in [-0.2, -0.15) is 0 Å². The molecule has 0 aromatic heterocycles. The first-order valence-corrected chi connectivity index (χ1v) is 9.55. The number of hydrogen-bond acceptors (Lipinski definition) is 4. The van der Waals surface area contributed by atoms with Gasteiger partial charge in [-0.25, -0.2) is 4.39 Å². The average molecular weight is 373 g/mol. The molecule has 2 aromatic carbocycles. The highest BCUT2D eigenvalue weighted by Crippen LogP contribution is 2.18. The number of ether oxygens (including phenoxy) is 2. The van der Waals surface area contributed by atoms with Gasteiger partial charge in [-0.3, -0.25) is 4.90 Å². The van der Waals surface area contributed by atoms with Crippen LogP contribution >= 0.6 is 0 Å². The molecule has 27 heavy (non-hydrogen) atoms. The number of benzene rings is 2. The third kappa shape index (κ3) is 6.31. The van der Waals surface area contributed by atoms with E-state index in [2.05, 4.69) is 4.90 Å². The number of hydrogen-bond donors (Lipinski definition) is 1. The Balaban J connectivity index is 1.57. The monoisotopic (exact) mass is 373 g/mol. The van der Waals surface area contributed by atoms with Crippen molar-refractivity contribution in [2.24, 2.45) is 0 Å². The average Bonchev–Trinajstić information content (AvgIpc) is 3.16. The lowest BCUT2D eigenvalue weighted by Gasteiger charge is -2.27. The van der Waals surface area contributed by atoms with Gasteiger partial charge in [-0.1, -0.05) is 30.3 Å². The molecule has 0 unspecified atom stereocenters. The van der Waals surface area contributed by atoms with Crippen LogP contribution in [0.25, 0.3) is 0 Å². The quantitative estimate of drug-likeness (QED) is 0.730. The van der Waals surface area contributed by atoms with Gasteiger partial charge in [0.1, 0.15) is 24.3 Å². The van der Waals surface area contributed by atoms with Crippen LogP contribution in [0, 0.1) is 12.7 Å². The Hall–Kier alpha value is -1.95. The smallest absolute Gasteiger partial charge is 0.123 e. The molecule has 4 nitrogen and oxygen atoms in total. The normalized spacial score (nSPS) is 18.0. The number of halogens is 1. The molecule has 0 aliphatic carbocycles. The Morgan fingerprint density at radius 3 is 2.70 bits per heavy atom. The fraction of sp³-hybridized carbons (Fsp3) is 0.455. The van der Waals surface area contributed by atoms with Crippen molar-refractivity contribution < 1.29 is 19.0 Å². The summed E-state index contributed by atoms with van der Waals surface area (Å²) < 4.78 is 24.7. The zero-order valence-electron chi connectivity index (χ0n) is 15.8. The van der Waals surface area contributed by atoms with E-state index in [-0.39, 0.29) is 18.5 Å². The molecule has 146 valence electrons. The van der Waals surface area contributed by atoms with Crippen molar-refractivity contribution in [3.63, 3.8) is 0 Å². The Labute approximate surface area is 160 Å². The van der Waals surface area contributed by atoms with Gasteiger partial charge in [0.25, 0.3) is 0 Å². The van der Waals surface area contributed by atoms with Gasteiger partial charge in [0, 0.05) is 26.2 Å². The van der Waals surface area contributed by atoms with E-state index in [0.717, 1.165) is 42.9 Å². The minimum atomic E-state index is -0.619.